The highest BCUT2D eigenvalue weighted by Gasteiger charge is 2.19. The zero-order valence-corrected chi connectivity index (χ0v) is 7.43. The van der Waals surface area contributed by atoms with Crippen LogP contribution < -0.4 is 0 Å². The van der Waals surface area contributed by atoms with Gasteiger partial charge in [-0.2, -0.15) is 0 Å². The van der Waals surface area contributed by atoms with E-state index in [1.807, 2.05) is 6.08 Å². The molecule has 66 valence electrons. The molecular formula is C10H14O2. The fraction of sp³-hybridized carbons (Fsp3) is 0.500. The van der Waals surface area contributed by atoms with Crippen LogP contribution >= 0.6 is 0 Å². The summed E-state index contributed by atoms with van der Waals surface area (Å²) >= 11 is 0. The molecule has 12 heavy (non-hydrogen) atoms. The molecule has 2 nitrogen and oxygen atoms in total. The van der Waals surface area contributed by atoms with E-state index >= 15 is 0 Å². The maximum absolute atomic E-state index is 11.2. The number of carbonyl (C=O) groups excluding carboxylic acids is 1. The lowest BCUT2D eigenvalue weighted by molar-refractivity contribution is -0.136. The normalized spacial score (nSPS) is 16.4. The Morgan fingerprint density at radius 3 is 3.00 bits per heavy atom. The third-order valence-corrected chi connectivity index (χ3v) is 2.15. The molecule has 0 atom stereocenters. The molecule has 0 fully saturated rings. The van der Waals surface area contributed by atoms with Crippen LogP contribution in [0.15, 0.2) is 23.8 Å². The van der Waals surface area contributed by atoms with Crippen LogP contribution in [0.2, 0.25) is 0 Å². The molecule has 0 saturated carbocycles. The van der Waals surface area contributed by atoms with E-state index in [0.29, 0.717) is 0 Å². The van der Waals surface area contributed by atoms with Crippen molar-refractivity contribution in [3.63, 3.8) is 0 Å². The van der Waals surface area contributed by atoms with E-state index in [9.17, 15) is 4.79 Å². The van der Waals surface area contributed by atoms with Crippen molar-refractivity contribution in [1.82, 2.24) is 0 Å². The average molecular weight is 166 g/mol. The Kier molecular flexibility index (Phi) is 3.09. The molecular weight excluding hydrogens is 152 g/mol. The lowest BCUT2D eigenvalue weighted by Crippen LogP contribution is -2.04. The highest BCUT2D eigenvalue weighted by Crippen LogP contribution is 2.29. The number of allylic oxidation sites excluding steroid dienone is 2. The number of ether oxygens (including phenoxy) is 1. The second-order valence-corrected chi connectivity index (χ2v) is 2.92. The van der Waals surface area contributed by atoms with E-state index in [1.54, 1.807) is 0 Å². The monoisotopic (exact) mass is 166 g/mol. The molecule has 0 bridgehead atoms. The van der Waals surface area contributed by atoms with Gasteiger partial charge in [-0.25, -0.2) is 4.79 Å². The first-order chi connectivity index (χ1) is 5.79. The molecule has 0 radical (unpaired) electrons. The predicted molar refractivity (Wildman–Crippen MR) is 47.7 cm³/mol. The van der Waals surface area contributed by atoms with Crippen molar-refractivity contribution in [3.8, 4) is 0 Å². The Balaban J connectivity index is 2.75. The third kappa shape index (κ3) is 1.76. The van der Waals surface area contributed by atoms with Gasteiger partial charge in [0.15, 0.2) is 0 Å². The highest BCUT2D eigenvalue weighted by molar-refractivity contribution is 5.89. The second-order valence-electron chi connectivity index (χ2n) is 2.92. The van der Waals surface area contributed by atoms with Gasteiger partial charge in [-0.1, -0.05) is 11.6 Å². The van der Waals surface area contributed by atoms with E-state index in [-0.39, 0.29) is 5.97 Å². The van der Waals surface area contributed by atoms with E-state index in [2.05, 4.69) is 11.3 Å². The molecule has 1 aliphatic rings. The van der Waals surface area contributed by atoms with E-state index in [4.69, 9.17) is 0 Å². The molecule has 0 aromatic carbocycles. The largest absolute Gasteiger partial charge is 0.466 e. The second kappa shape index (κ2) is 4.10. The summed E-state index contributed by atoms with van der Waals surface area (Å²) in [6, 6.07) is 0. The van der Waals surface area contributed by atoms with Gasteiger partial charge >= 0.3 is 5.97 Å². The van der Waals surface area contributed by atoms with Gasteiger partial charge in [-0.3, -0.25) is 0 Å². The molecule has 1 rings (SSSR count). The molecule has 0 spiro atoms. The molecule has 0 aromatic heterocycles. The summed E-state index contributed by atoms with van der Waals surface area (Å²) in [5.41, 5.74) is 2.08. The van der Waals surface area contributed by atoms with Crippen molar-refractivity contribution < 1.29 is 9.53 Å². The molecule has 0 unspecified atom stereocenters. The molecule has 0 saturated heterocycles. The first-order valence-electron chi connectivity index (χ1n) is 4.19. The van der Waals surface area contributed by atoms with Crippen molar-refractivity contribution >= 4 is 5.97 Å². The lowest BCUT2D eigenvalue weighted by Gasteiger charge is -2.02. The standard InChI is InChI=1S/C10H14O2/c1-3-5-8-6-4-7-9(8)10(11)12-2/h3H,1,4-7H2,2H3. The first kappa shape index (κ1) is 9.04. The lowest BCUT2D eigenvalue weighted by atomic mass is 10.1. The summed E-state index contributed by atoms with van der Waals surface area (Å²) in [6.07, 6.45) is 5.63. The van der Waals surface area contributed by atoms with Gasteiger partial charge in [-0.15, -0.1) is 6.58 Å². The Hall–Kier alpha value is -1.05. The predicted octanol–water partition coefficient (Wildman–Crippen LogP) is 2.22. The van der Waals surface area contributed by atoms with Crippen molar-refractivity contribution in [3.05, 3.63) is 23.8 Å². The minimum Gasteiger partial charge on any atom is -0.466 e. The molecule has 1 aliphatic carbocycles. The Morgan fingerprint density at radius 2 is 2.42 bits per heavy atom. The van der Waals surface area contributed by atoms with Crippen LogP contribution in [0.3, 0.4) is 0 Å². The van der Waals surface area contributed by atoms with Crippen LogP contribution in [0.4, 0.5) is 0 Å². The summed E-state index contributed by atoms with van der Waals surface area (Å²) in [7, 11) is 1.43. The minimum atomic E-state index is -0.163. The summed E-state index contributed by atoms with van der Waals surface area (Å²) < 4.78 is 4.68. The van der Waals surface area contributed by atoms with E-state index < -0.39 is 0 Å². The Bertz CT molecular complexity index is 226. The van der Waals surface area contributed by atoms with Gasteiger partial charge < -0.3 is 4.74 Å². The Labute approximate surface area is 72.9 Å². The minimum absolute atomic E-state index is 0.163. The summed E-state index contributed by atoms with van der Waals surface area (Å²) in [4.78, 5) is 11.2. The quantitative estimate of drug-likeness (QED) is 0.474. The first-order valence-corrected chi connectivity index (χ1v) is 4.19. The molecule has 0 heterocycles. The van der Waals surface area contributed by atoms with Gasteiger partial charge in [-0.05, 0) is 25.7 Å². The van der Waals surface area contributed by atoms with Gasteiger partial charge in [0.05, 0.1) is 7.11 Å². The number of carbonyl (C=O) groups is 1. The number of hydrogen-bond acceptors (Lipinski definition) is 2. The van der Waals surface area contributed by atoms with Crippen molar-refractivity contribution in [1.29, 1.82) is 0 Å². The highest BCUT2D eigenvalue weighted by atomic mass is 16.5. The van der Waals surface area contributed by atoms with Gasteiger partial charge in [0, 0.05) is 5.57 Å². The van der Waals surface area contributed by atoms with Crippen molar-refractivity contribution in [2.45, 2.75) is 25.7 Å². The summed E-state index contributed by atoms with van der Waals surface area (Å²) in [5, 5.41) is 0. The SMILES string of the molecule is C=CCC1=C(C(=O)OC)CCC1. The maximum Gasteiger partial charge on any atom is 0.333 e. The van der Waals surface area contributed by atoms with Gasteiger partial charge in [0.2, 0.25) is 0 Å². The van der Waals surface area contributed by atoms with Gasteiger partial charge in [0.25, 0.3) is 0 Å². The zero-order valence-electron chi connectivity index (χ0n) is 7.43. The van der Waals surface area contributed by atoms with Crippen LogP contribution in [-0.4, -0.2) is 13.1 Å². The van der Waals surface area contributed by atoms with Crippen LogP contribution in [0.5, 0.6) is 0 Å². The summed E-state index contributed by atoms with van der Waals surface area (Å²) in [6.45, 7) is 3.66. The molecule has 0 N–H and O–H groups in total. The molecule has 0 aliphatic heterocycles. The third-order valence-electron chi connectivity index (χ3n) is 2.15. The van der Waals surface area contributed by atoms with Crippen molar-refractivity contribution in [2.24, 2.45) is 0 Å². The fourth-order valence-electron chi connectivity index (χ4n) is 1.58. The Morgan fingerprint density at radius 1 is 1.67 bits per heavy atom. The van der Waals surface area contributed by atoms with Crippen LogP contribution in [0, 0.1) is 0 Å². The molecule has 0 aromatic rings. The van der Waals surface area contributed by atoms with Crippen molar-refractivity contribution in [2.75, 3.05) is 7.11 Å². The van der Waals surface area contributed by atoms with Crippen LogP contribution in [-0.2, 0) is 9.53 Å². The van der Waals surface area contributed by atoms with E-state index in [0.717, 1.165) is 31.3 Å². The fourth-order valence-corrected chi connectivity index (χ4v) is 1.58. The summed E-state index contributed by atoms with van der Waals surface area (Å²) in [5.74, 6) is -0.163. The molecule has 0 amide bonds. The van der Waals surface area contributed by atoms with Gasteiger partial charge in [0.1, 0.15) is 0 Å². The smallest absolute Gasteiger partial charge is 0.333 e. The topological polar surface area (TPSA) is 26.3 Å². The zero-order chi connectivity index (χ0) is 8.97. The van der Waals surface area contributed by atoms with Crippen LogP contribution in [0.1, 0.15) is 25.7 Å². The van der Waals surface area contributed by atoms with E-state index in [1.165, 1.54) is 12.7 Å². The maximum atomic E-state index is 11.2. The van der Waals surface area contributed by atoms with Crippen LogP contribution in [0.25, 0.3) is 0 Å². The molecule has 2 heteroatoms. The number of rotatable bonds is 3. The number of hydrogen-bond donors (Lipinski definition) is 0. The average Bonchev–Trinajstić information content (AvgIpc) is 2.52. The number of esters is 1. The number of methoxy groups -OCH3 is 1.